The highest BCUT2D eigenvalue weighted by atomic mass is 32.2. The lowest BCUT2D eigenvalue weighted by molar-refractivity contribution is 0.0935. The third-order valence-electron chi connectivity index (χ3n) is 6.56. The Morgan fingerprint density at radius 2 is 1.90 bits per heavy atom. The van der Waals surface area contributed by atoms with Gasteiger partial charge in [0, 0.05) is 43.4 Å². The molecule has 3 heterocycles. The monoisotopic (exact) mass is 425 g/mol. The van der Waals surface area contributed by atoms with Crippen LogP contribution in [-0.2, 0) is 13.0 Å². The first kappa shape index (κ1) is 20.0. The lowest BCUT2D eigenvalue weighted by atomic mass is 10.0. The third kappa shape index (κ3) is 4.13. The Labute approximate surface area is 181 Å². The lowest BCUT2D eigenvalue weighted by Gasteiger charge is -2.44. The van der Waals surface area contributed by atoms with E-state index in [1.54, 1.807) is 6.07 Å². The minimum absolute atomic E-state index is 0.279. The molecule has 0 bridgehead atoms. The summed E-state index contributed by atoms with van der Waals surface area (Å²) in [6.45, 7) is 5.65. The van der Waals surface area contributed by atoms with E-state index in [0.717, 1.165) is 50.1 Å². The van der Waals surface area contributed by atoms with Crippen LogP contribution in [-0.4, -0.2) is 51.8 Å². The largest absolute Gasteiger partial charge is 0.356 e. The molecule has 0 saturated carbocycles. The van der Waals surface area contributed by atoms with Crippen molar-refractivity contribution in [3.63, 3.8) is 0 Å². The smallest absolute Gasteiger partial charge is 0.170 e. The summed E-state index contributed by atoms with van der Waals surface area (Å²) < 4.78 is 18.6. The summed E-state index contributed by atoms with van der Waals surface area (Å²) in [7, 11) is 0. The molecule has 2 aliphatic heterocycles. The Hall–Kier alpha value is -1.89. The van der Waals surface area contributed by atoms with Gasteiger partial charge in [0.05, 0.1) is 10.6 Å². The van der Waals surface area contributed by atoms with Crippen LogP contribution in [0.3, 0.4) is 0 Å². The Morgan fingerprint density at radius 3 is 2.73 bits per heavy atom. The minimum Gasteiger partial charge on any atom is -0.356 e. The van der Waals surface area contributed by atoms with E-state index in [1.807, 2.05) is 0 Å². The number of aryl methyl sites for hydroxylation is 1. The quantitative estimate of drug-likeness (QED) is 0.559. The van der Waals surface area contributed by atoms with E-state index in [0.29, 0.717) is 10.5 Å². The number of benzene rings is 2. The summed E-state index contributed by atoms with van der Waals surface area (Å²) in [5.74, 6) is 0.964. The molecule has 3 aromatic rings. The minimum atomic E-state index is -0.279. The first-order valence-corrected chi connectivity index (χ1v) is 11.9. The molecule has 0 unspecified atom stereocenters. The SMILES string of the molecule is Fc1ccc2c(CCCN3CCC4(CC3)SCCN4Cc3ccccc3)noc2c1. The Kier molecular flexibility index (Phi) is 5.81. The van der Waals surface area contributed by atoms with Gasteiger partial charge in [0.2, 0.25) is 0 Å². The summed E-state index contributed by atoms with van der Waals surface area (Å²) >= 11 is 2.17. The van der Waals surface area contributed by atoms with Crippen LogP contribution >= 0.6 is 11.8 Å². The highest BCUT2D eigenvalue weighted by Gasteiger charge is 2.43. The lowest BCUT2D eigenvalue weighted by Crippen LogP contribution is -2.50. The highest BCUT2D eigenvalue weighted by Crippen LogP contribution is 2.44. The first-order chi connectivity index (χ1) is 14.7. The molecule has 30 heavy (non-hydrogen) atoms. The molecule has 158 valence electrons. The number of nitrogens with zero attached hydrogens (tertiary/aromatic N) is 3. The standard InChI is InChI=1S/C24H28FN3OS/c25-20-8-9-21-22(26-29-23(21)17-20)7-4-12-27-13-10-24(11-14-27)28(15-16-30-24)18-19-5-2-1-3-6-19/h1-3,5-6,8-9,17H,4,7,10-16,18H2. The Morgan fingerprint density at radius 1 is 1.07 bits per heavy atom. The van der Waals surface area contributed by atoms with E-state index in [-0.39, 0.29) is 5.82 Å². The van der Waals surface area contributed by atoms with Crippen LogP contribution in [0.15, 0.2) is 53.1 Å². The molecule has 2 saturated heterocycles. The average Bonchev–Trinajstić information content (AvgIpc) is 3.34. The number of halogens is 1. The fraction of sp³-hybridized carbons (Fsp3) is 0.458. The highest BCUT2D eigenvalue weighted by molar-refractivity contribution is 8.00. The normalized spacial score (nSPS) is 19.8. The Bertz CT molecular complexity index is 985. The van der Waals surface area contributed by atoms with Gasteiger partial charge in [-0.3, -0.25) is 4.90 Å². The summed E-state index contributed by atoms with van der Waals surface area (Å²) in [6.07, 6.45) is 4.38. The molecule has 0 aliphatic carbocycles. The number of likely N-dealkylation sites (tertiary alicyclic amines) is 1. The molecule has 4 nitrogen and oxygen atoms in total. The zero-order chi connectivity index (χ0) is 20.4. The summed E-state index contributed by atoms with van der Waals surface area (Å²) in [5, 5.41) is 5.09. The molecule has 2 aromatic carbocycles. The second kappa shape index (κ2) is 8.69. The molecule has 1 aromatic heterocycles. The molecule has 6 heteroatoms. The van der Waals surface area contributed by atoms with E-state index in [1.165, 1.54) is 42.8 Å². The second-order valence-electron chi connectivity index (χ2n) is 8.42. The summed E-state index contributed by atoms with van der Waals surface area (Å²) in [5.41, 5.74) is 2.90. The fourth-order valence-electron chi connectivity index (χ4n) is 4.87. The maximum Gasteiger partial charge on any atom is 0.170 e. The number of hydrogen-bond donors (Lipinski definition) is 0. The van der Waals surface area contributed by atoms with Crippen molar-refractivity contribution in [2.45, 2.75) is 37.1 Å². The topological polar surface area (TPSA) is 32.5 Å². The van der Waals surface area contributed by atoms with Crippen molar-refractivity contribution in [1.29, 1.82) is 0 Å². The molecular formula is C24H28FN3OS. The van der Waals surface area contributed by atoms with Crippen molar-refractivity contribution in [3.8, 4) is 0 Å². The maximum atomic E-state index is 13.3. The third-order valence-corrected chi connectivity index (χ3v) is 8.15. The number of hydrogen-bond acceptors (Lipinski definition) is 5. The van der Waals surface area contributed by atoms with Gasteiger partial charge in [-0.2, -0.15) is 0 Å². The van der Waals surface area contributed by atoms with Crippen molar-refractivity contribution < 1.29 is 8.91 Å². The van der Waals surface area contributed by atoms with Crippen LogP contribution < -0.4 is 0 Å². The zero-order valence-electron chi connectivity index (χ0n) is 17.2. The zero-order valence-corrected chi connectivity index (χ0v) is 18.0. The van der Waals surface area contributed by atoms with Crippen molar-refractivity contribution in [1.82, 2.24) is 15.0 Å². The second-order valence-corrected chi connectivity index (χ2v) is 9.87. The van der Waals surface area contributed by atoms with Crippen molar-refractivity contribution >= 4 is 22.7 Å². The van der Waals surface area contributed by atoms with E-state index in [9.17, 15) is 4.39 Å². The van der Waals surface area contributed by atoms with E-state index in [2.05, 4.69) is 57.1 Å². The van der Waals surface area contributed by atoms with Gasteiger partial charge in [-0.15, -0.1) is 11.8 Å². The van der Waals surface area contributed by atoms with Gasteiger partial charge in [0.15, 0.2) is 5.58 Å². The van der Waals surface area contributed by atoms with Crippen LogP contribution in [0, 0.1) is 5.82 Å². The van der Waals surface area contributed by atoms with Crippen molar-refractivity contribution in [2.75, 3.05) is 31.9 Å². The van der Waals surface area contributed by atoms with Crippen LogP contribution in [0.1, 0.15) is 30.5 Å². The molecule has 0 amide bonds. The number of aromatic nitrogens is 1. The number of piperidine rings is 1. The number of thioether (sulfide) groups is 1. The van der Waals surface area contributed by atoms with Gasteiger partial charge in [-0.05, 0) is 49.9 Å². The predicted octanol–water partition coefficient (Wildman–Crippen LogP) is 4.94. The molecule has 0 atom stereocenters. The van der Waals surface area contributed by atoms with Gasteiger partial charge in [-0.1, -0.05) is 35.5 Å². The van der Waals surface area contributed by atoms with Crippen molar-refractivity contribution in [3.05, 3.63) is 65.6 Å². The molecular weight excluding hydrogens is 397 g/mol. The molecule has 1 spiro atoms. The van der Waals surface area contributed by atoms with Gasteiger partial charge in [0.1, 0.15) is 5.82 Å². The van der Waals surface area contributed by atoms with Crippen LogP contribution in [0.2, 0.25) is 0 Å². The molecule has 2 aliphatic rings. The molecule has 2 fully saturated rings. The van der Waals surface area contributed by atoms with Crippen LogP contribution in [0.25, 0.3) is 11.0 Å². The van der Waals surface area contributed by atoms with Gasteiger partial charge < -0.3 is 9.42 Å². The molecule has 5 rings (SSSR count). The van der Waals surface area contributed by atoms with Crippen LogP contribution in [0.5, 0.6) is 0 Å². The van der Waals surface area contributed by atoms with Crippen LogP contribution in [0.4, 0.5) is 4.39 Å². The Balaban J connectivity index is 1.13. The van der Waals surface area contributed by atoms with Gasteiger partial charge in [-0.25, -0.2) is 4.39 Å². The first-order valence-electron chi connectivity index (χ1n) is 10.9. The van der Waals surface area contributed by atoms with Crippen molar-refractivity contribution in [2.24, 2.45) is 0 Å². The number of rotatable bonds is 6. The number of fused-ring (bicyclic) bond motifs is 1. The van der Waals surface area contributed by atoms with E-state index >= 15 is 0 Å². The summed E-state index contributed by atoms with van der Waals surface area (Å²) in [6, 6.07) is 15.5. The fourth-order valence-corrected chi connectivity index (χ4v) is 6.37. The molecule has 0 radical (unpaired) electrons. The van der Waals surface area contributed by atoms with Gasteiger partial charge >= 0.3 is 0 Å². The predicted molar refractivity (Wildman–Crippen MR) is 120 cm³/mol. The maximum absolute atomic E-state index is 13.3. The average molecular weight is 426 g/mol. The van der Waals surface area contributed by atoms with E-state index < -0.39 is 0 Å². The van der Waals surface area contributed by atoms with E-state index in [4.69, 9.17) is 4.52 Å². The van der Waals surface area contributed by atoms with Gasteiger partial charge in [0.25, 0.3) is 0 Å². The molecule has 0 N–H and O–H groups in total. The summed E-state index contributed by atoms with van der Waals surface area (Å²) in [4.78, 5) is 5.62.